The summed E-state index contributed by atoms with van der Waals surface area (Å²) in [6.45, 7) is 5.30. The third-order valence-electron chi connectivity index (χ3n) is 2.44. The summed E-state index contributed by atoms with van der Waals surface area (Å²) in [6.07, 6.45) is 1.55. The number of hydrogen-bond donors (Lipinski definition) is 0. The molecular weight excluding hydrogens is 282 g/mol. The molecule has 0 bridgehead atoms. The number of rotatable bonds is 4. The van der Waals surface area contributed by atoms with E-state index in [1.165, 1.54) is 5.56 Å². The van der Waals surface area contributed by atoms with E-state index in [9.17, 15) is 0 Å². The minimum Gasteiger partial charge on any atom is -0.484 e. The van der Waals surface area contributed by atoms with Crippen molar-refractivity contribution in [2.45, 2.75) is 27.0 Å². The Morgan fingerprint density at radius 3 is 2.94 bits per heavy atom. The lowest BCUT2D eigenvalue weighted by Gasteiger charge is -2.08. The van der Waals surface area contributed by atoms with Crippen LogP contribution in [-0.4, -0.2) is 14.8 Å². The summed E-state index contributed by atoms with van der Waals surface area (Å²) in [5.74, 6) is 1.65. The average molecular weight is 296 g/mol. The molecule has 2 rings (SSSR count). The zero-order valence-corrected chi connectivity index (χ0v) is 11.4. The second kappa shape index (κ2) is 5.31. The van der Waals surface area contributed by atoms with Gasteiger partial charge in [-0.25, -0.2) is 9.67 Å². The van der Waals surface area contributed by atoms with Crippen LogP contribution in [0.4, 0.5) is 0 Å². The summed E-state index contributed by atoms with van der Waals surface area (Å²) in [5.41, 5.74) is 1.20. The number of hydrogen-bond acceptors (Lipinski definition) is 3. The Bertz CT molecular complexity index is 510. The molecule has 0 atom stereocenters. The Balaban J connectivity index is 2.07. The molecule has 1 heterocycles. The highest BCUT2D eigenvalue weighted by molar-refractivity contribution is 9.10. The highest BCUT2D eigenvalue weighted by Crippen LogP contribution is 2.26. The van der Waals surface area contributed by atoms with E-state index in [-0.39, 0.29) is 0 Å². The van der Waals surface area contributed by atoms with Gasteiger partial charge in [0, 0.05) is 6.54 Å². The SMILES string of the molecule is CCn1ncnc1COc1ccc(C)cc1Br. The summed E-state index contributed by atoms with van der Waals surface area (Å²) in [5, 5.41) is 4.10. The van der Waals surface area contributed by atoms with Crippen molar-refractivity contribution in [3.63, 3.8) is 0 Å². The van der Waals surface area contributed by atoms with Gasteiger partial charge in [0.1, 0.15) is 18.7 Å². The van der Waals surface area contributed by atoms with Crippen molar-refractivity contribution in [2.75, 3.05) is 0 Å². The molecule has 17 heavy (non-hydrogen) atoms. The molecule has 4 nitrogen and oxygen atoms in total. The van der Waals surface area contributed by atoms with Crippen molar-refractivity contribution < 1.29 is 4.74 Å². The van der Waals surface area contributed by atoms with Gasteiger partial charge in [0.15, 0.2) is 5.82 Å². The highest BCUT2D eigenvalue weighted by atomic mass is 79.9. The molecule has 0 aliphatic rings. The maximum absolute atomic E-state index is 5.71. The molecule has 0 radical (unpaired) electrons. The lowest BCUT2D eigenvalue weighted by molar-refractivity contribution is 0.285. The Morgan fingerprint density at radius 2 is 2.24 bits per heavy atom. The second-order valence-corrected chi connectivity index (χ2v) is 4.57. The molecule has 0 unspecified atom stereocenters. The van der Waals surface area contributed by atoms with Gasteiger partial charge in [-0.15, -0.1) is 0 Å². The van der Waals surface area contributed by atoms with Crippen LogP contribution in [0.3, 0.4) is 0 Å². The lowest BCUT2D eigenvalue weighted by Crippen LogP contribution is -2.07. The van der Waals surface area contributed by atoms with Crippen LogP contribution in [0.1, 0.15) is 18.3 Å². The van der Waals surface area contributed by atoms with Gasteiger partial charge in [-0.2, -0.15) is 5.10 Å². The molecule has 0 aliphatic heterocycles. The van der Waals surface area contributed by atoms with Gasteiger partial charge in [-0.05, 0) is 47.5 Å². The maximum atomic E-state index is 5.71. The maximum Gasteiger partial charge on any atom is 0.164 e. The van der Waals surface area contributed by atoms with Gasteiger partial charge >= 0.3 is 0 Å². The van der Waals surface area contributed by atoms with E-state index in [1.807, 2.05) is 36.7 Å². The zero-order chi connectivity index (χ0) is 12.3. The first-order valence-corrected chi connectivity index (χ1v) is 6.25. The van der Waals surface area contributed by atoms with E-state index in [2.05, 4.69) is 26.0 Å². The van der Waals surface area contributed by atoms with Crippen LogP contribution in [0.5, 0.6) is 5.75 Å². The van der Waals surface area contributed by atoms with E-state index in [0.29, 0.717) is 6.61 Å². The van der Waals surface area contributed by atoms with Crippen LogP contribution in [0, 0.1) is 6.92 Å². The third kappa shape index (κ3) is 2.85. The van der Waals surface area contributed by atoms with Gasteiger partial charge in [0.2, 0.25) is 0 Å². The number of nitrogens with zero attached hydrogens (tertiary/aromatic N) is 3. The summed E-state index contributed by atoms with van der Waals surface area (Å²) in [6, 6.07) is 6.00. The minimum absolute atomic E-state index is 0.426. The normalized spacial score (nSPS) is 10.5. The molecule has 5 heteroatoms. The van der Waals surface area contributed by atoms with Crippen molar-refractivity contribution >= 4 is 15.9 Å². The van der Waals surface area contributed by atoms with E-state index in [4.69, 9.17) is 4.74 Å². The first-order valence-electron chi connectivity index (χ1n) is 5.46. The Morgan fingerprint density at radius 1 is 1.41 bits per heavy atom. The topological polar surface area (TPSA) is 39.9 Å². The van der Waals surface area contributed by atoms with Crippen molar-refractivity contribution in [1.82, 2.24) is 14.8 Å². The number of aromatic nitrogens is 3. The largest absolute Gasteiger partial charge is 0.484 e. The Kier molecular flexibility index (Phi) is 3.78. The first kappa shape index (κ1) is 12.1. The third-order valence-corrected chi connectivity index (χ3v) is 3.06. The fraction of sp³-hybridized carbons (Fsp3) is 0.333. The van der Waals surface area contributed by atoms with E-state index < -0.39 is 0 Å². The van der Waals surface area contributed by atoms with Gasteiger partial charge in [-0.1, -0.05) is 6.07 Å². The van der Waals surface area contributed by atoms with Gasteiger partial charge < -0.3 is 4.74 Å². The van der Waals surface area contributed by atoms with Crippen molar-refractivity contribution in [2.24, 2.45) is 0 Å². The second-order valence-electron chi connectivity index (χ2n) is 3.71. The zero-order valence-electron chi connectivity index (χ0n) is 9.85. The number of aryl methyl sites for hydroxylation is 2. The first-order chi connectivity index (χ1) is 8.20. The number of ether oxygens (including phenoxy) is 1. The van der Waals surface area contributed by atoms with Crippen molar-refractivity contribution in [1.29, 1.82) is 0 Å². The molecule has 0 N–H and O–H groups in total. The van der Waals surface area contributed by atoms with Crippen LogP contribution in [-0.2, 0) is 13.2 Å². The van der Waals surface area contributed by atoms with Crippen molar-refractivity contribution in [3.05, 3.63) is 40.4 Å². The van der Waals surface area contributed by atoms with Crippen LogP contribution < -0.4 is 4.74 Å². The summed E-state index contributed by atoms with van der Waals surface area (Å²) in [7, 11) is 0. The standard InChI is InChI=1S/C12H14BrN3O/c1-3-16-12(14-8-15-16)7-17-11-5-4-9(2)6-10(11)13/h4-6,8H,3,7H2,1-2H3. The molecule has 1 aromatic carbocycles. The molecule has 2 aromatic rings. The summed E-state index contributed by atoms with van der Waals surface area (Å²) < 4.78 is 8.49. The monoisotopic (exact) mass is 295 g/mol. The smallest absolute Gasteiger partial charge is 0.164 e. The molecule has 0 amide bonds. The molecule has 0 fully saturated rings. The highest BCUT2D eigenvalue weighted by Gasteiger charge is 2.05. The molecular formula is C12H14BrN3O. The summed E-state index contributed by atoms with van der Waals surface area (Å²) >= 11 is 3.48. The van der Waals surface area contributed by atoms with Crippen LogP contribution >= 0.6 is 15.9 Å². The van der Waals surface area contributed by atoms with Crippen molar-refractivity contribution in [3.8, 4) is 5.75 Å². The lowest BCUT2D eigenvalue weighted by atomic mass is 10.2. The fourth-order valence-corrected chi connectivity index (χ4v) is 2.14. The van der Waals surface area contributed by atoms with Gasteiger partial charge in [0.25, 0.3) is 0 Å². The van der Waals surface area contributed by atoms with Crippen LogP contribution in [0.25, 0.3) is 0 Å². The Labute approximate surface area is 109 Å². The van der Waals surface area contributed by atoms with Gasteiger partial charge in [0.05, 0.1) is 4.47 Å². The number of benzene rings is 1. The Hall–Kier alpha value is -1.36. The van der Waals surface area contributed by atoms with Gasteiger partial charge in [-0.3, -0.25) is 0 Å². The fourth-order valence-electron chi connectivity index (χ4n) is 1.53. The average Bonchev–Trinajstić information content (AvgIpc) is 2.75. The predicted octanol–water partition coefficient (Wildman–Crippen LogP) is 2.95. The quantitative estimate of drug-likeness (QED) is 0.871. The van der Waals surface area contributed by atoms with E-state index in [0.717, 1.165) is 22.6 Å². The molecule has 0 aliphatic carbocycles. The number of halogens is 1. The van der Waals surface area contributed by atoms with E-state index in [1.54, 1.807) is 6.33 Å². The van der Waals surface area contributed by atoms with Crippen LogP contribution in [0.15, 0.2) is 29.0 Å². The van der Waals surface area contributed by atoms with E-state index >= 15 is 0 Å². The minimum atomic E-state index is 0.426. The van der Waals surface area contributed by atoms with Crippen LogP contribution in [0.2, 0.25) is 0 Å². The molecule has 1 aromatic heterocycles. The predicted molar refractivity (Wildman–Crippen MR) is 68.9 cm³/mol. The molecule has 90 valence electrons. The molecule has 0 saturated heterocycles. The summed E-state index contributed by atoms with van der Waals surface area (Å²) in [4.78, 5) is 4.16. The molecule has 0 saturated carbocycles. The molecule has 0 spiro atoms.